The summed E-state index contributed by atoms with van der Waals surface area (Å²) in [4.78, 5) is 23.6. The molecule has 0 heterocycles. The molecule has 0 spiro atoms. The van der Waals surface area contributed by atoms with Gasteiger partial charge in [-0.15, -0.1) is 0 Å². The largest absolute Gasteiger partial charge is 0.290 e. The summed E-state index contributed by atoms with van der Waals surface area (Å²) < 4.78 is 5.67. The quantitative estimate of drug-likeness (QED) is 0.0800. The Hall–Kier alpha value is -0.0100. The summed E-state index contributed by atoms with van der Waals surface area (Å²) in [6, 6.07) is 0. The van der Waals surface area contributed by atoms with Crippen LogP contribution in [0.15, 0.2) is 0 Å². The Balaban J connectivity index is 3.28. The number of hydrogen-bond acceptors (Lipinski definition) is 5. The predicted octanol–water partition coefficient (Wildman–Crippen LogP) is 8.92. The van der Waals surface area contributed by atoms with Crippen molar-refractivity contribution >= 4 is 43.6 Å². The molecule has 4 nitrogen and oxygen atoms in total. The number of carbonyl (C=O) groups is 2. The predicted molar refractivity (Wildman–Crippen MR) is 143 cm³/mol. The third-order valence-electron chi connectivity index (χ3n) is 5.39. The van der Waals surface area contributed by atoms with Crippen LogP contribution in [0.25, 0.3) is 0 Å². The van der Waals surface area contributed by atoms with Gasteiger partial charge in [-0.1, -0.05) is 117 Å². The van der Waals surface area contributed by atoms with E-state index in [1.54, 1.807) is 0 Å². The zero-order chi connectivity index (χ0) is 22.8. The summed E-state index contributed by atoms with van der Waals surface area (Å²) in [5.74, 6) is 0.170. The molecule has 184 valence electrons. The highest BCUT2D eigenvalue weighted by molar-refractivity contribution is 9.08. The summed E-state index contributed by atoms with van der Waals surface area (Å²) in [6.45, 7) is 4.49. The van der Waals surface area contributed by atoms with Crippen LogP contribution in [0.1, 0.15) is 142 Å². The molecule has 0 saturated carbocycles. The highest BCUT2D eigenvalue weighted by atomic mass is 33.5. The minimum atomic E-state index is 0.0852. The number of hydrogen-bond donors (Lipinski definition) is 2. The van der Waals surface area contributed by atoms with Gasteiger partial charge < -0.3 is 0 Å². The third kappa shape index (κ3) is 26.1. The zero-order valence-corrected chi connectivity index (χ0v) is 22.6. The van der Waals surface area contributed by atoms with Gasteiger partial charge in [0.2, 0.25) is 11.8 Å². The van der Waals surface area contributed by atoms with E-state index in [4.69, 9.17) is 0 Å². The van der Waals surface area contributed by atoms with Gasteiger partial charge >= 0.3 is 0 Å². The molecule has 0 radical (unpaired) electrons. The van der Waals surface area contributed by atoms with Crippen molar-refractivity contribution in [2.75, 3.05) is 0 Å². The monoisotopic (exact) mass is 492 g/mol. The van der Waals surface area contributed by atoms with E-state index in [9.17, 15) is 9.59 Å². The van der Waals surface area contributed by atoms with Crippen molar-refractivity contribution < 1.29 is 9.59 Å². The molecular weight excluding hydrogens is 444 g/mol. The van der Waals surface area contributed by atoms with E-state index >= 15 is 0 Å². The molecule has 7 heteroatoms. The minimum absolute atomic E-state index is 0.0852. The molecule has 0 aliphatic rings. The second-order valence-electron chi connectivity index (χ2n) is 8.44. The summed E-state index contributed by atoms with van der Waals surface area (Å²) >= 11 is 0. The summed E-state index contributed by atoms with van der Waals surface area (Å²) in [6.07, 6.45) is 23.9. The third-order valence-corrected chi connectivity index (χ3v) is 8.28. The molecule has 0 bridgehead atoms. The van der Waals surface area contributed by atoms with Crippen LogP contribution in [0, 0.1) is 0 Å². The molecule has 0 aromatic rings. The molecule has 0 rings (SSSR count). The van der Waals surface area contributed by atoms with Gasteiger partial charge in [-0.25, -0.2) is 0 Å². The topological polar surface area (TPSA) is 58.2 Å². The molecule has 0 unspecified atom stereocenters. The maximum Gasteiger partial charge on any atom is 0.230 e. The fourth-order valence-corrected chi connectivity index (χ4v) is 5.71. The fourth-order valence-electron chi connectivity index (χ4n) is 3.44. The molecule has 0 aromatic carbocycles. The first-order valence-corrected chi connectivity index (χ1v) is 16.3. The van der Waals surface area contributed by atoms with E-state index in [1.807, 2.05) is 0 Å². The van der Waals surface area contributed by atoms with Crippen molar-refractivity contribution in [2.45, 2.75) is 142 Å². The highest BCUT2D eigenvalue weighted by Gasteiger charge is 2.04. The first-order chi connectivity index (χ1) is 15.2. The average molecular weight is 493 g/mol. The number of unbranched alkanes of at least 4 members (excludes halogenated alkanes) is 16. The Bertz CT molecular complexity index is 376. The Kier molecular flexibility index (Phi) is 26.2. The van der Waals surface area contributed by atoms with Gasteiger partial charge in [0.15, 0.2) is 0 Å². The Morgan fingerprint density at radius 1 is 0.484 bits per heavy atom. The van der Waals surface area contributed by atoms with Crippen LogP contribution in [-0.4, -0.2) is 11.8 Å². The van der Waals surface area contributed by atoms with Crippen molar-refractivity contribution in [1.82, 2.24) is 9.44 Å². The lowest BCUT2D eigenvalue weighted by Gasteiger charge is -2.05. The molecule has 0 atom stereocenters. The van der Waals surface area contributed by atoms with Gasteiger partial charge in [0.05, 0.1) is 0 Å². The highest BCUT2D eigenvalue weighted by Crippen LogP contribution is 2.29. The smallest absolute Gasteiger partial charge is 0.230 e. The first kappa shape index (κ1) is 31.0. The Morgan fingerprint density at radius 2 is 0.774 bits per heavy atom. The first-order valence-electron chi connectivity index (χ1n) is 12.8. The molecule has 2 N–H and O–H groups in total. The maximum atomic E-state index is 11.8. The Labute approximate surface area is 204 Å². The number of carbonyl (C=O) groups excluding carboxylic acids is 2. The maximum absolute atomic E-state index is 11.8. The van der Waals surface area contributed by atoms with Gasteiger partial charge in [-0.05, 0) is 12.8 Å². The van der Waals surface area contributed by atoms with Crippen LogP contribution in [0.4, 0.5) is 0 Å². The summed E-state index contributed by atoms with van der Waals surface area (Å²) in [5.41, 5.74) is 0. The van der Waals surface area contributed by atoms with E-state index in [-0.39, 0.29) is 11.8 Å². The lowest BCUT2D eigenvalue weighted by molar-refractivity contribution is -0.120. The van der Waals surface area contributed by atoms with Crippen molar-refractivity contribution in [3.05, 3.63) is 0 Å². The molecule has 0 saturated heterocycles. The second kappa shape index (κ2) is 26.2. The second-order valence-corrected chi connectivity index (χ2v) is 12.0. The molecule has 0 aliphatic heterocycles. The molecular formula is C24H48N2O2S3. The van der Waals surface area contributed by atoms with Crippen LogP contribution in [0.5, 0.6) is 0 Å². The zero-order valence-electron chi connectivity index (χ0n) is 20.2. The number of rotatable bonds is 24. The van der Waals surface area contributed by atoms with Crippen molar-refractivity contribution in [3.63, 3.8) is 0 Å². The van der Waals surface area contributed by atoms with Crippen molar-refractivity contribution in [3.8, 4) is 0 Å². The van der Waals surface area contributed by atoms with E-state index < -0.39 is 0 Å². The van der Waals surface area contributed by atoms with Crippen LogP contribution in [-0.2, 0) is 9.59 Å². The van der Waals surface area contributed by atoms with E-state index in [0.717, 1.165) is 25.7 Å². The summed E-state index contributed by atoms with van der Waals surface area (Å²) in [7, 11) is 3.98. The standard InChI is InChI=1S/C24H48N2O2S3/c1-3-5-7-9-11-13-15-17-19-21-23(27)25-29-31-30-26-24(28)22-20-18-16-14-12-10-8-6-4-2/h3-22H2,1-2H3,(H,25,27)(H,26,28). The van der Waals surface area contributed by atoms with Crippen LogP contribution < -0.4 is 9.44 Å². The van der Waals surface area contributed by atoms with Gasteiger partial charge in [-0.2, -0.15) is 0 Å². The van der Waals surface area contributed by atoms with Crippen LogP contribution in [0.3, 0.4) is 0 Å². The summed E-state index contributed by atoms with van der Waals surface area (Å²) in [5, 5.41) is 0. The van der Waals surface area contributed by atoms with Crippen molar-refractivity contribution in [2.24, 2.45) is 0 Å². The lowest BCUT2D eigenvalue weighted by Crippen LogP contribution is -2.15. The van der Waals surface area contributed by atoms with Crippen LogP contribution >= 0.6 is 31.8 Å². The fraction of sp³-hybridized carbons (Fsp3) is 0.917. The van der Waals surface area contributed by atoms with Gasteiger partial charge in [0.25, 0.3) is 0 Å². The molecule has 0 aliphatic carbocycles. The minimum Gasteiger partial charge on any atom is -0.290 e. The van der Waals surface area contributed by atoms with Gasteiger partial charge in [0, 0.05) is 44.6 Å². The number of amides is 2. The lowest BCUT2D eigenvalue weighted by atomic mass is 10.1. The normalized spacial score (nSPS) is 10.9. The van der Waals surface area contributed by atoms with Gasteiger partial charge in [-0.3, -0.25) is 19.0 Å². The molecule has 0 fully saturated rings. The van der Waals surface area contributed by atoms with Crippen LogP contribution in [0.2, 0.25) is 0 Å². The van der Waals surface area contributed by atoms with Crippen molar-refractivity contribution in [1.29, 1.82) is 0 Å². The van der Waals surface area contributed by atoms with E-state index in [0.29, 0.717) is 12.8 Å². The molecule has 0 aromatic heterocycles. The Morgan fingerprint density at radius 3 is 1.10 bits per heavy atom. The SMILES string of the molecule is CCCCCCCCCCCC(=O)NSSSNC(=O)CCCCCCCCCCC. The van der Waals surface area contributed by atoms with E-state index in [1.165, 1.54) is 122 Å². The average Bonchev–Trinajstić information content (AvgIpc) is 2.76. The van der Waals surface area contributed by atoms with Gasteiger partial charge in [0.1, 0.15) is 0 Å². The van der Waals surface area contributed by atoms with E-state index in [2.05, 4.69) is 23.3 Å². The molecule has 2 amide bonds. The molecule has 31 heavy (non-hydrogen) atoms. The number of nitrogens with one attached hydrogen (secondary N) is 2.